The smallest absolute Gasteiger partial charge is 0.449 e. The van der Waals surface area contributed by atoms with Gasteiger partial charge in [-0.15, -0.1) is 0 Å². The van der Waals surface area contributed by atoms with Crippen LogP contribution in [0.3, 0.4) is 0 Å². The van der Waals surface area contributed by atoms with Gasteiger partial charge in [0.05, 0.1) is 0 Å². The first-order valence-corrected chi connectivity index (χ1v) is 5.50. The Kier molecular flexibility index (Phi) is 4.35. The van der Waals surface area contributed by atoms with Crippen LogP contribution in [0.2, 0.25) is 0 Å². The van der Waals surface area contributed by atoms with Gasteiger partial charge in [0.15, 0.2) is 0 Å². The minimum Gasteiger partial charge on any atom is -0.449 e. The lowest BCUT2D eigenvalue weighted by atomic mass is 9.91. The van der Waals surface area contributed by atoms with E-state index in [0.29, 0.717) is 17.6 Å². The molecule has 0 aliphatic heterocycles. The van der Waals surface area contributed by atoms with E-state index in [4.69, 9.17) is 9.84 Å². The summed E-state index contributed by atoms with van der Waals surface area (Å²) in [6.45, 7) is 6.39. The van der Waals surface area contributed by atoms with Crippen LogP contribution < -0.4 is 4.74 Å². The van der Waals surface area contributed by atoms with Crippen LogP contribution in [0, 0.1) is 5.92 Å². The van der Waals surface area contributed by atoms with Gasteiger partial charge in [0.25, 0.3) is 0 Å². The van der Waals surface area contributed by atoms with E-state index in [1.807, 2.05) is 12.1 Å². The van der Waals surface area contributed by atoms with Gasteiger partial charge in [-0.3, -0.25) is 0 Å². The highest BCUT2D eigenvalue weighted by molar-refractivity contribution is 5.62. The summed E-state index contributed by atoms with van der Waals surface area (Å²) in [7, 11) is 0. The molecule has 1 aromatic carbocycles. The molecular formula is C13H18O3. The standard InChI is InChI=1S/C13H18O3/c1-9(2)8-10(3)11-6-4-5-7-12(11)16-13(14)15/h4-7,9-10H,8H2,1-3H3,(H,14,15). The molecule has 88 valence electrons. The second-order valence-electron chi connectivity index (χ2n) is 4.44. The van der Waals surface area contributed by atoms with Crippen molar-refractivity contribution in [2.75, 3.05) is 0 Å². The maximum Gasteiger partial charge on any atom is 0.511 e. The van der Waals surface area contributed by atoms with Gasteiger partial charge in [0.2, 0.25) is 0 Å². The molecule has 0 fully saturated rings. The summed E-state index contributed by atoms with van der Waals surface area (Å²) in [6.07, 6.45) is -0.246. The number of para-hydroxylation sites is 1. The van der Waals surface area contributed by atoms with Crippen LogP contribution in [-0.4, -0.2) is 11.3 Å². The van der Waals surface area contributed by atoms with E-state index in [2.05, 4.69) is 20.8 Å². The third-order valence-electron chi connectivity index (χ3n) is 2.47. The van der Waals surface area contributed by atoms with Gasteiger partial charge in [0, 0.05) is 0 Å². The molecule has 0 radical (unpaired) electrons. The molecule has 0 saturated carbocycles. The normalized spacial score (nSPS) is 12.5. The summed E-state index contributed by atoms with van der Waals surface area (Å²) in [6, 6.07) is 7.30. The number of carbonyl (C=O) groups is 1. The molecule has 0 spiro atoms. The highest BCUT2D eigenvalue weighted by Gasteiger charge is 2.14. The number of rotatable bonds is 4. The highest BCUT2D eigenvalue weighted by Crippen LogP contribution is 2.30. The Morgan fingerprint density at radius 1 is 1.31 bits per heavy atom. The van der Waals surface area contributed by atoms with Crippen molar-refractivity contribution < 1.29 is 14.6 Å². The van der Waals surface area contributed by atoms with Gasteiger partial charge >= 0.3 is 6.16 Å². The van der Waals surface area contributed by atoms with Crippen molar-refractivity contribution >= 4 is 6.16 Å². The van der Waals surface area contributed by atoms with Crippen molar-refractivity contribution in [2.45, 2.75) is 33.1 Å². The fraction of sp³-hybridized carbons (Fsp3) is 0.462. The largest absolute Gasteiger partial charge is 0.511 e. The van der Waals surface area contributed by atoms with Gasteiger partial charge in [-0.1, -0.05) is 39.0 Å². The lowest BCUT2D eigenvalue weighted by Crippen LogP contribution is -2.07. The summed E-state index contributed by atoms with van der Waals surface area (Å²) in [5.74, 6) is 1.33. The summed E-state index contributed by atoms with van der Waals surface area (Å²) >= 11 is 0. The second kappa shape index (κ2) is 5.54. The van der Waals surface area contributed by atoms with Crippen LogP contribution in [0.5, 0.6) is 5.75 Å². The van der Waals surface area contributed by atoms with Crippen molar-refractivity contribution in [3.05, 3.63) is 29.8 Å². The van der Waals surface area contributed by atoms with Crippen molar-refractivity contribution in [1.29, 1.82) is 0 Å². The number of hydrogen-bond donors (Lipinski definition) is 1. The molecule has 0 aliphatic rings. The topological polar surface area (TPSA) is 46.5 Å². The maximum absolute atomic E-state index is 10.5. The van der Waals surface area contributed by atoms with Crippen LogP contribution in [-0.2, 0) is 0 Å². The number of carboxylic acid groups (broad SMARTS) is 1. The molecule has 3 nitrogen and oxygen atoms in total. The number of ether oxygens (including phenoxy) is 1. The van der Waals surface area contributed by atoms with E-state index in [-0.39, 0.29) is 0 Å². The van der Waals surface area contributed by atoms with Crippen molar-refractivity contribution in [2.24, 2.45) is 5.92 Å². The Balaban J connectivity index is 2.89. The maximum atomic E-state index is 10.5. The summed E-state index contributed by atoms with van der Waals surface area (Å²) in [5, 5.41) is 8.63. The monoisotopic (exact) mass is 222 g/mol. The Bertz CT molecular complexity index is 358. The lowest BCUT2D eigenvalue weighted by Gasteiger charge is -2.16. The molecular weight excluding hydrogens is 204 g/mol. The molecule has 1 unspecified atom stereocenters. The van der Waals surface area contributed by atoms with Crippen LogP contribution in [0.15, 0.2) is 24.3 Å². The van der Waals surface area contributed by atoms with E-state index < -0.39 is 6.16 Å². The SMILES string of the molecule is CC(C)CC(C)c1ccccc1OC(=O)O. The first-order valence-electron chi connectivity index (χ1n) is 5.50. The zero-order chi connectivity index (χ0) is 12.1. The van der Waals surface area contributed by atoms with E-state index in [1.165, 1.54) is 0 Å². The Hall–Kier alpha value is -1.51. The first-order chi connectivity index (χ1) is 7.50. The zero-order valence-corrected chi connectivity index (χ0v) is 9.93. The van der Waals surface area contributed by atoms with Crippen molar-refractivity contribution in [3.63, 3.8) is 0 Å². The zero-order valence-electron chi connectivity index (χ0n) is 9.93. The summed E-state index contributed by atoms with van der Waals surface area (Å²) in [4.78, 5) is 10.5. The van der Waals surface area contributed by atoms with E-state index >= 15 is 0 Å². The fourth-order valence-corrected chi connectivity index (χ4v) is 1.91. The van der Waals surface area contributed by atoms with E-state index in [1.54, 1.807) is 12.1 Å². The Morgan fingerprint density at radius 3 is 2.50 bits per heavy atom. The molecule has 3 heteroatoms. The molecule has 1 N–H and O–H groups in total. The van der Waals surface area contributed by atoms with Crippen molar-refractivity contribution in [3.8, 4) is 5.75 Å². The molecule has 1 aromatic rings. The minimum atomic E-state index is -1.26. The van der Waals surface area contributed by atoms with Gasteiger partial charge < -0.3 is 9.84 Å². The second-order valence-corrected chi connectivity index (χ2v) is 4.44. The molecule has 16 heavy (non-hydrogen) atoms. The quantitative estimate of drug-likeness (QED) is 0.621. The van der Waals surface area contributed by atoms with Crippen LogP contribution in [0.25, 0.3) is 0 Å². The van der Waals surface area contributed by atoms with Gasteiger partial charge in [-0.2, -0.15) is 0 Å². The molecule has 1 atom stereocenters. The Labute approximate surface area is 96.1 Å². The fourth-order valence-electron chi connectivity index (χ4n) is 1.91. The molecule has 0 amide bonds. The molecule has 0 heterocycles. The minimum absolute atomic E-state index is 0.301. The third-order valence-corrected chi connectivity index (χ3v) is 2.47. The highest BCUT2D eigenvalue weighted by atomic mass is 16.7. The van der Waals surface area contributed by atoms with Crippen LogP contribution in [0.1, 0.15) is 38.7 Å². The predicted molar refractivity (Wildman–Crippen MR) is 63.0 cm³/mol. The van der Waals surface area contributed by atoms with E-state index in [9.17, 15) is 4.79 Å². The van der Waals surface area contributed by atoms with Crippen LogP contribution >= 0.6 is 0 Å². The number of hydrogen-bond acceptors (Lipinski definition) is 2. The third kappa shape index (κ3) is 3.57. The predicted octanol–water partition coefficient (Wildman–Crippen LogP) is 3.89. The summed E-state index contributed by atoms with van der Waals surface area (Å²) in [5.41, 5.74) is 0.957. The van der Waals surface area contributed by atoms with E-state index in [0.717, 1.165) is 12.0 Å². The average Bonchev–Trinajstić information content (AvgIpc) is 2.16. The van der Waals surface area contributed by atoms with Gasteiger partial charge in [0.1, 0.15) is 5.75 Å². The number of benzene rings is 1. The lowest BCUT2D eigenvalue weighted by molar-refractivity contribution is 0.144. The van der Waals surface area contributed by atoms with Gasteiger partial charge in [-0.05, 0) is 29.9 Å². The molecule has 0 bridgehead atoms. The average molecular weight is 222 g/mol. The van der Waals surface area contributed by atoms with Crippen molar-refractivity contribution in [1.82, 2.24) is 0 Å². The molecule has 0 saturated heterocycles. The Morgan fingerprint density at radius 2 is 1.94 bits per heavy atom. The first kappa shape index (κ1) is 12.6. The van der Waals surface area contributed by atoms with Gasteiger partial charge in [-0.25, -0.2) is 4.79 Å². The van der Waals surface area contributed by atoms with Crippen LogP contribution in [0.4, 0.5) is 4.79 Å². The molecule has 1 rings (SSSR count). The summed E-state index contributed by atoms with van der Waals surface area (Å²) < 4.78 is 4.76. The molecule has 0 aliphatic carbocycles. The molecule has 0 aromatic heterocycles.